The zero-order valence-corrected chi connectivity index (χ0v) is 15.6. The van der Waals surface area contributed by atoms with Crippen LogP contribution in [0.15, 0.2) is 42.6 Å². The van der Waals surface area contributed by atoms with Crippen LogP contribution in [0, 0.1) is 5.82 Å². The highest BCUT2D eigenvalue weighted by molar-refractivity contribution is 6.02. The Morgan fingerprint density at radius 2 is 2.07 bits per heavy atom. The summed E-state index contributed by atoms with van der Waals surface area (Å²) < 4.78 is 13.1. The molecule has 27 heavy (non-hydrogen) atoms. The number of likely N-dealkylation sites (N-methyl/N-ethyl adjacent to an activating group) is 1. The fourth-order valence-electron chi connectivity index (χ4n) is 3.60. The van der Waals surface area contributed by atoms with Gasteiger partial charge in [0.15, 0.2) is 5.82 Å². The average molecular weight is 366 g/mol. The normalized spacial score (nSPS) is 20.1. The Morgan fingerprint density at radius 3 is 2.78 bits per heavy atom. The van der Waals surface area contributed by atoms with Crippen LogP contribution in [0.1, 0.15) is 24.5 Å². The molecule has 1 atom stereocenters. The Kier molecular flexibility index (Phi) is 4.66. The molecule has 0 bridgehead atoms. The lowest BCUT2D eigenvalue weighted by molar-refractivity contribution is -0.117. The average Bonchev–Trinajstić information content (AvgIpc) is 2.67. The number of benzene rings is 1. The number of halogens is 1. The molecule has 2 aliphatic heterocycles. The lowest BCUT2D eigenvalue weighted by Gasteiger charge is -2.32. The van der Waals surface area contributed by atoms with E-state index in [9.17, 15) is 9.18 Å². The van der Waals surface area contributed by atoms with Gasteiger partial charge < -0.3 is 10.2 Å². The van der Waals surface area contributed by atoms with Gasteiger partial charge in [-0.1, -0.05) is 18.2 Å². The fraction of sp³-hybridized carbons (Fsp3) is 0.333. The maximum absolute atomic E-state index is 13.1. The summed E-state index contributed by atoms with van der Waals surface area (Å²) in [6.07, 6.45) is 5.03. The molecule has 0 spiro atoms. The SMILES string of the molecule is CC1C(=O)Nc2cc(CN3CC=C(c4ccc(F)cc4)CC3)cnc2N1C. The summed E-state index contributed by atoms with van der Waals surface area (Å²) in [5, 5.41) is 2.95. The molecule has 2 aromatic rings. The number of anilines is 2. The molecule has 0 radical (unpaired) electrons. The summed E-state index contributed by atoms with van der Waals surface area (Å²) in [5.74, 6) is 0.598. The first-order valence-electron chi connectivity index (χ1n) is 9.21. The number of fused-ring (bicyclic) bond motifs is 1. The molecule has 4 rings (SSSR count). The molecular weight excluding hydrogens is 343 g/mol. The van der Waals surface area contributed by atoms with E-state index >= 15 is 0 Å². The highest BCUT2D eigenvalue weighted by atomic mass is 19.1. The van der Waals surface area contributed by atoms with Gasteiger partial charge >= 0.3 is 0 Å². The van der Waals surface area contributed by atoms with Gasteiger partial charge in [0.1, 0.15) is 11.9 Å². The fourth-order valence-corrected chi connectivity index (χ4v) is 3.60. The first-order chi connectivity index (χ1) is 13.0. The number of rotatable bonds is 3. The van der Waals surface area contributed by atoms with Crippen molar-refractivity contribution in [3.05, 3.63) is 59.5 Å². The summed E-state index contributed by atoms with van der Waals surface area (Å²) in [6, 6.07) is 8.49. The van der Waals surface area contributed by atoms with E-state index in [-0.39, 0.29) is 17.8 Å². The molecule has 1 aromatic carbocycles. The van der Waals surface area contributed by atoms with Gasteiger partial charge in [-0.2, -0.15) is 0 Å². The quantitative estimate of drug-likeness (QED) is 0.906. The Labute approximate surface area is 158 Å². The topological polar surface area (TPSA) is 48.5 Å². The molecule has 1 N–H and O–H groups in total. The van der Waals surface area contributed by atoms with Crippen molar-refractivity contribution in [2.45, 2.75) is 25.9 Å². The number of nitrogens with one attached hydrogen (secondary N) is 1. The molecule has 1 unspecified atom stereocenters. The number of aromatic nitrogens is 1. The smallest absolute Gasteiger partial charge is 0.246 e. The van der Waals surface area contributed by atoms with Crippen molar-refractivity contribution in [2.75, 3.05) is 30.4 Å². The second-order valence-electron chi connectivity index (χ2n) is 7.21. The second kappa shape index (κ2) is 7.12. The van der Waals surface area contributed by atoms with Gasteiger partial charge in [-0.3, -0.25) is 9.69 Å². The molecular formula is C21H23FN4O. The van der Waals surface area contributed by atoms with Crippen LogP contribution < -0.4 is 10.2 Å². The lowest BCUT2D eigenvalue weighted by Crippen LogP contribution is -2.44. The summed E-state index contributed by atoms with van der Waals surface area (Å²) >= 11 is 0. The molecule has 3 heterocycles. The van der Waals surface area contributed by atoms with Crippen LogP contribution in [-0.4, -0.2) is 42.0 Å². The van der Waals surface area contributed by atoms with E-state index in [1.165, 1.54) is 17.7 Å². The van der Waals surface area contributed by atoms with Gasteiger partial charge in [0.25, 0.3) is 0 Å². The maximum atomic E-state index is 13.1. The monoisotopic (exact) mass is 366 g/mol. The highest BCUT2D eigenvalue weighted by Gasteiger charge is 2.28. The summed E-state index contributed by atoms with van der Waals surface area (Å²) in [4.78, 5) is 20.8. The van der Waals surface area contributed by atoms with E-state index < -0.39 is 0 Å². The number of pyridine rings is 1. The van der Waals surface area contributed by atoms with Crippen molar-refractivity contribution < 1.29 is 9.18 Å². The molecule has 0 saturated heterocycles. The Balaban J connectivity index is 1.44. The molecule has 6 heteroatoms. The summed E-state index contributed by atoms with van der Waals surface area (Å²) in [6.45, 7) is 4.42. The van der Waals surface area contributed by atoms with Gasteiger partial charge in [0.05, 0.1) is 5.69 Å². The summed E-state index contributed by atoms with van der Waals surface area (Å²) in [7, 11) is 1.89. The van der Waals surface area contributed by atoms with Gasteiger partial charge in [0, 0.05) is 32.9 Å². The lowest BCUT2D eigenvalue weighted by atomic mass is 9.99. The third-order valence-corrected chi connectivity index (χ3v) is 5.39. The van der Waals surface area contributed by atoms with Crippen LogP contribution in [0.3, 0.4) is 0 Å². The zero-order chi connectivity index (χ0) is 19.0. The number of hydrogen-bond acceptors (Lipinski definition) is 4. The zero-order valence-electron chi connectivity index (χ0n) is 15.6. The van der Waals surface area contributed by atoms with E-state index in [0.29, 0.717) is 0 Å². The third kappa shape index (κ3) is 3.57. The first kappa shape index (κ1) is 17.7. The molecule has 1 amide bonds. The van der Waals surface area contributed by atoms with Gasteiger partial charge in [0.2, 0.25) is 5.91 Å². The number of nitrogens with zero attached hydrogens (tertiary/aromatic N) is 3. The Hall–Kier alpha value is -2.73. The minimum atomic E-state index is -0.215. The van der Waals surface area contributed by atoms with Crippen LogP contribution >= 0.6 is 0 Å². The number of hydrogen-bond donors (Lipinski definition) is 1. The number of carbonyl (C=O) groups excluding carboxylic acids is 1. The molecule has 1 aromatic heterocycles. The van der Waals surface area contributed by atoms with E-state index in [0.717, 1.165) is 48.7 Å². The minimum Gasteiger partial charge on any atom is -0.346 e. The van der Waals surface area contributed by atoms with E-state index in [4.69, 9.17) is 0 Å². The minimum absolute atomic E-state index is 0.00574. The van der Waals surface area contributed by atoms with Crippen LogP contribution in [0.5, 0.6) is 0 Å². The Morgan fingerprint density at radius 1 is 1.30 bits per heavy atom. The molecule has 0 fully saturated rings. The molecule has 140 valence electrons. The standard InChI is InChI=1S/C21H23FN4O/c1-14-21(27)24-19-11-15(12-23-20(19)25(14)2)13-26-9-7-17(8-10-26)16-3-5-18(22)6-4-16/h3-7,11-12,14H,8-10,13H2,1-2H3,(H,24,27). The molecule has 2 aliphatic rings. The van der Waals surface area contributed by atoms with Crippen molar-refractivity contribution >= 4 is 23.0 Å². The molecule has 5 nitrogen and oxygen atoms in total. The molecule has 0 saturated carbocycles. The van der Waals surface area contributed by atoms with Crippen LogP contribution in [0.2, 0.25) is 0 Å². The van der Waals surface area contributed by atoms with Crippen LogP contribution in [0.4, 0.5) is 15.9 Å². The highest BCUT2D eigenvalue weighted by Crippen LogP contribution is 2.30. The van der Waals surface area contributed by atoms with Crippen LogP contribution in [0.25, 0.3) is 5.57 Å². The maximum Gasteiger partial charge on any atom is 0.246 e. The third-order valence-electron chi connectivity index (χ3n) is 5.39. The van der Waals surface area contributed by atoms with Crippen molar-refractivity contribution in [1.29, 1.82) is 0 Å². The van der Waals surface area contributed by atoms with Gasteiger partial charge in [-0.15, -0.1) is 0 Å². The van der Waals surface area contributed by atoms with E-state index in [1.807, 2.05) is 43.3 Å². The predicted octanol–water partition coefficient (Wildman–Crippen LogP) is 3.29. The Bertz CT molecular complexity index is 894. The van der Waals surface area contributed by atoms with Crippen LogP contribution in [-0.2, 0) is 11.3 Å². The predicted molar refractivity (Wildman–Crippen MR) is 105 cm³/mol. The number of amides is 1. The van der Waals surface area contributed by atoms with E-state index in [1.54, 1.807) is 0 Å². The van der Waals surface area contributed by atoms with Gasteiger partial charge in [-0.05, 0) is 48.2 Å². The largest absolute Gasteiger partial charge is 0.346 e. The summed E-state index contributed by atoms with van der Waals surface area (Å²) in [5.41, 5.74) is 4.21. The van der Waals surface area contributed by atoms with Crippen molar-refractivity contribution in [3.63, 3.8) is 0 Å². The van der Waals surface area contributed by atoms with Crippen molar-refractivity contribution in [1.82, 2.24) is 9.88 Å². The molecule has 0 aliphatic carbocycles. The second-order valence-corrected chi connectivity index (χ2v) is 7.21. The van der Waals surface area contributed by atoms with E-state index in [2.05, 4.69) is 21.3 Å². The van der Waals surface area contributed by atoms with Crippen molar-refractivity contribution in [2.24, 2.45) is 0 Å². The van der Waals surface area contributed by atoms with Crippen molar-refractivity contribution in [3.8, 4) is 0 Å². The number of carbonyl (C=O) groups is 1. The first-order valence-corrected chi connectivity index (χ1v) is 9.21. The van der Waals surface area contributed by atoms with Gasteiger partial charge in [-0.25, -0.2) is 9.37 Å².